The van der Waals surface area contributed by atoms with Gasteiger partial charge in [0.25, 0.3) is 0 Å². The number of rotatable bonds is 14. The predicted octanol–water partition coefficient (Wildman–Crippen LogP) is -1.56. The molecule has 38 heavy (non-hydrogen) atoms. The zero-order valence-corrected chi connectivity index (χ0v) is 20.4. The summed E-state index contributed by atoms with van der Waals surface area (Å²) in [4.78, 5) is 70.8. The summed E-state index contributed by atoms with van der Waals surface area (Å²) in [6, 6.07) is 3.96. The van der Waals surface area contributed by atoms with Gasteiger partial charge in [0.2, 0.25) is 23.6 Å². The summed E-state index contributed by atoms with van der Waals surface area (Å²) in [5.74, 6) is -3.96. The van der Waals surface area contributed by atoms with Gasteiger partial charge in [-0.25, -0.2) is 4.98 Å². The van der Waals surface area contributed by atoms with E-state index in [-0.39, 0.29) is 25.7 Å². The number of primary amides is 1. The van der Waals surface area contributed by atoms with Crippen molar-refractivity contribution < 1.29 is 29.1 Å². The topological polar surface area (TPSA) is 238 Å². The maximum absolute atomic E-state index is 13.4. The molecule has 0 fully saturated rings. The second-order valence-electron chi connectivity index (χ2n) is 8.69. The molecule has 14 heteroatoms. The van der Waals surface area contributed by atoms with E-state index in [2.05, 4.69) is 30.9 Å². The first-order valence-electron chi connectivity index (χ1n) is 11.8. The number of nitrogens with two attached hydrogens (primary N) is 2. The maximum atomic E-state index is 13.4. The lowest BCUT2D eigenvalue weighted by atomic mass is 10.0. The zero-order chi connectivity index (χ0) is 27.7. The molecule has 3 rings (SSSR count). The van der Waals surface area contributed by atoms with E-state index in [1.165, 1.54) is 12.5 Å². The van der Waals surface area contributed by atoms with Gasteiger partial charge in [-0.3, -0.25) is 24.0 Å². The first kappa shape index (κ1) is 27.9. The number of aliphatic carboxylic acids is 1. The Balaban J connectivity index is 1.80. The normalized spacial score (nSPS) is 13.3. The van der Waals surface area contributed by atoms with Crippen LogP contribution in [0.5, 0.6) is 0 Å². The number of hydrogen-bond donors (Lipinski definition) is 8. The Bertz CT molecular complexity index is 1290. The average molecular weight is 527 g/mol. The van der Waals surface area contributed by atoms with Crippen molar-refractivity contribution in [1.82, 2.24) is 30.9 Å². The molecule has 3 unspecified atom stereocenters. The molecule has 0 saturated carbocycles. The molecule has 0 bridgehead atoms. The van der Waals surface area contributed by atoms with Gasteiger partial charge in [-0.2, -0.15) is 0 Å². The van der Waals surface area contributed by atoms with E-state index < -0.39 is 54.3 Å². The number of nitrogens with zero attached hydrogens (tertiary/aromatic N) is 1. The van der Waals surface area contributed by atoms with Crippen molar-refractivity contribution in [3.05, 3.63) is 54.2 Å². The second-order valence-corrected chi connectivity index (χ2v) is 8.69. The van der Waals surface area contributed by atoms with Crippen molar-refractivity contribution in [2.75, 3.05) is 6.54 Å². The number of amides is 4. The van der Waals surface area contributed by atoms with Gasteiger partial charge in [0, 0.05) is 48.3 Å². The van der Waals surface area contributed by atoms with Crippen molar-refractivity contribution >= 4 is 40.5 Å². The molecular weight excluding hydrogens is 496 g/mol. The van der Waals surface area contributed by atoms with Crippen LogP contribution in [0.2, 0.25) is 0 Å². The molecular formula is C24H30N8O6. The zero-order valence-electron chi connectivity index (χ0n) is 20.4. The summed E-state index contributed by atoms with van der Waals surface area (Å²) in [6.07, 6.45) is 4.51. The fraction of sp³-hybridized carbons (Fsp3) is 0.333. The minimum atomic E-state index is -1.25. The number of H-pyrrole nitrogens is 2. The highest BCUT2D eigenvalue weighted by Crippen LogP contribution is 2.19. The van der Waals surface area contributed by atoms with Gasteiger partial charge in [-0.1, -0.05) is 18.2 Å². The minimum absolute atomic E-state index is 0.00331. The van der Waals surface area contributed by atoms with Gasteiger partial charge in [0.1, 0.15) is 18.6 Å². The third-order valence-corrected chi connectivity index (χ3v) is 5.80. The van der Waals surface area contributed by atoms with E-state index in [0.717, 1.165) is 16.5 Å². The van der Waals surface area contributed by atoms with E-state index in [9.17, 15) is 24.0 Å². The third kappa shape index (κ3) is 7.89. The molecule has 0 spiro atoms. The highest BCUT2D eigenvalue weighted by atomic mass is 16.4. The lowest BCUT2D eigenvalue weighted by Gasteiger charge is -2.24. The third-order valence-electron chi connectivity index (χ3n) is 5.80. The number of carboxylic acid groups (broad SMARTS) is 1. The number of nitrogens with one attached hydrogen (secondary N) is 5. The van der Waals surface area contributed by atoms with Gasteiger partial charge in [0.05, 0.1) is 12.4 Å². The largest absolute Gasteiger partial charge is 0.480 e. The van der Waals surface area contributed by atoms with Crippen LogP contribution >= 0.6 is 0 Å². The predicted molar refractivity (Wildman–Crippen MR) is 135 cm³/mol. The number of imidazole rings is 1. The highest BCUT2D eigenvalue weighted by Gasteiger charge is 2.29. The molecule has 2 aromatic heterocycles. The Morgan fingerprint density at radius 3 is 2.37 bits per heavy atom. The first-order chi connectivity index (χ1) is 18.1. The van der Waals surface area contributed by atoms with Crippen LogP contribution in [0.4, 0.5) is 0 Å². The summed E-state index contributed by atoms with van der Waals surface area (Å²) in [5, 5.41) is 17.3. The Hall–Kier alpha value is -4.72. The summed E-state index contributed by atoms with van der Waals surface area (Å²) >= 11 is 0. The van der Waals surface area contributed by atoms with E-state index in [1.54, 1.807) is 6.20 Å². The molecule has 0 aliphatic heterocycles. The molecule has 3 aromatic rings. The minimum Gasteiger partial charge on any atom is -0.480 e. The second kappa shape index (κ2) is 13.0. The number of benzene rings is 1. The first-order valence-corrected chi connectivity index (χ1v) is 11.8. The monoisotopic (exact) mass is 526 g/mol. The Morgan fingerprint density at radius 2 is 1.68 bits per heavy atom. The standard InChI is InChI=1S/C24H30N8O6/c25-16(5-6-20(26)33)22(36)31-19(8-14-10-27-12-30-14)24(38)32-18(23(37)29-11-21(34)35)7-13-9-28-17-4-2-1-3-15(13)17/h1-4,9-10,12,16,18-19,28H,5-8,11,25H2,(H2,26,33)(H,27,30)(H,29,37)(H,31,36)(H,32,38)(H,34,35). The van der Waals surface area contributed by atoms with Crippen LogP contribution in [-0.4, -0.2) is 74.3 Å². The van der Waals surface area contributed by atoms with Crippen molar-refractivity contribution in [2.45, 2.75) is 43.8 Å². The van der Waals surface area contributed by atoms with Crippen LogP contribution in [0, 0.1) is 0 Å². The summed E-state index contributed by atoms with van der Waals surface area (Å²) in [6.45, 7) is -0.637. The van der Waals surface area contributed by atoms with Crippen molar-refractivity contribution in [1.29, 1.82) is 0 Å². The van der Waals surface area contributed by atoms with Gasteiger partial charge in [-0.15, -0.1) is 0 Å². The maximum Gasteiger partial charge on any atom is 0.322 e. The number of hydrogen-bond acceptors (Lipinski definition) is 7. The molecule has 0 radical (unpaired) electrons. The molecule has 0 aliphatic carbocycles. The summed E-state index contributed by atoms with van der Waals surface area (Å²) < 4.78 is 0. The van der Waals surface area contributed by atoms with E-state index >= 15 is 0 Å². The van der Waals surface area contributed by atoms with Gasteiger partial charge in [-0.05, 0) is 18.1 Å². The number of aromatic nitrogens is 3. The van der Waals surface area contributed by atoms with Crippen LogP contribution in [0.1, 0.15) is 24.1 Å². The quantitative estimate of drug-likeness (QED) is 0.122. The number of fused-ring (bicyclic) bond motifs is 1. The summed E-state index contributed by atoms with van der Waals surface area (Å²) in [5.41, 5.74) is 13.0. The summed E-state index contributed by atoms with van der Waals surface area (Å²) in [7, 11) is 0. The van der Waals surface area contributed by atoms with Gasteiger partial charge >= 0.3 is 5.97 Å². The molecule has 2 heterocycles. The van der Waals surface area contributed by atoms with E-state index in [4.69, 9.17) is 16.6 Å². The smallest absolute Gasteiger partial charge is 0.322 e. The van der Waals surface area contributed by atoms with Crippen LogP contribution in [0.15, 0.2) is 43.0 Å². The Labute approximate surface area is 216 Å². The van der Waals surface area contributed by atoms with Gasteiger partial charge < -0.3 is 42.5 Å². The van der Waals surface area contributed by atoms with E-state index in [1.807, 2.05) is 24.3 Å². The van der Waals surface area contributed by atoms with Crippen molar-refractivity contribution in [3.8, 4) is 0 Å². The number of para-hydroxylation sites is 1. The molecule has 14 nitrogen and oxygen atoms in total. The Morgan fingerprint density at radius 1 is 0.974 bits per heavy atom. The molecule has 4 amide bonds. The number of carbonyl (C=O) groups excluding carboxylic acids is 4. The van der Waals surface area contributed by atoms with Crippen LogP contribution < -0.4 is 27.4 Å². The lowest BCUT2D eigenvalue weighted by Crippen LogP contribution is -2.57. The SMILES string of the molecule is NC(=O)CCC(N)C(=O)NC(Cc1cnc[nH]1)C(=O)NC(Cc1c[nH]c2ccccc12)C(=O)NCC(=O)O. The molecule has 0 saturated heterocycles. The van der Waals surface area contributed by atoms with Crippen molar-refractivity contribution in [2.24, 2.45) is 11.5 Å². The fourth-order valence-corrected chi connectivity index (χ4v) is 3.82. The Kier molecular flexibility index (Phi) is 9.54. The number of carboxylic acids is 1. The van der Waals surface area contributed by atoms with Crippen LogP contribution in [0.25, 0.3) is 10.9 Å². The molecule has 202 valence electrons. The fourth-order valence-electron chi connectivity index (χ4n) is 3.82. The molecule has 10 N–H and O–H groups in total. The molecule has 1 aromatic carbocycles. The van der Waals surface area contributed by atoms with Gasteiger partial charge in [0.15, 0.2) is 0 Å². The van der Waals surface area contributed by atoms with E-state index in [0.29, 0.717) is 5.69 Å². The van der Waals surface area contributed by atoms with Crippen molar-refractivity contribution in [3.63, 3.8) is 0 Å². The van der Waals surface area contributed by atoms with Crippen LogP contribution in [0.3, 0.4) is 0 Å². The highest BCUT2D eigenvalue weighted by molar-refractivity contribution is 5.94. The number of aromatic amines is 2. The van der Waals surface area contributed by atoms with Crippen LogP contribution in [-0.2, 0) is 36.8 Å². The molecule has 0 aliphatic rings. The molecule has 3 atom stereocenters. The number of carbonyl (C=O) groups is 5. The lowest BCUT2D eigenvalue weighted by molar-refractivity contribution is -0.138. The average Bonchev–Trinajstić information content (AvgIpc) is 3.55.